The van der Waals surface area contributed by atoms with Crippen molar-refractivity contribution in [3.8, 4) is 0 Å². The molecule has 2 aromatic carbocycles. The molecule has 2 aromatic rings. The minimum atomic E-state index is -0.648. The second kappa shape index (κ2) is 7.97. The number of carbonyl (C=O) groups excluding carboxylic acids is 2. The molecule has 27 heavy (non-hydrogen) atoms. The number of hydrogen-bond donors (Lipinski definition) is 1. The van der Waals surface area contributed by atoms with Crippen LogP contribution in [0.25, 0.3) is 5.76 Å². The van der Waals surface area contributed by atoms with Gasteiger partial charge in [0, 0.05) is 17.1 Å². The maximum absolute atomic E-state index is 12.8. The molecule has 4 nitrogen and oxygen atoms in total. The number of likely N-dealkylation sites (tertiary alicyclic amines) is 1. The summed E-state index contributed by atoms with van der Waals surface area (Å²) in [5, 5.41) is 11.4. The molecule has 0 radical (unpaired) electrons. The van der Waals surface area contributed by atoms with E-state index in [-0.39, 0.29) is 11.3 Å². The van der Waals surface area contributed by atoms with Gasteiger partial charge in [-0.3, -0.25) is 9.59 Å². The van der Waals surface area contributed by atoms with Crippen molar-refractivity contribution in [3.63, 3.8) is 0 Å². The summed E-state index contributed by atoms with van der Waals surface area (Å²) in [6.45, 7) is 4.46. The first-order valence-corrected chi connectivity index (χ1v) is 9.42. The zero-order chi connectivity index (χ0) is 19.6. The van der Waals surface area contributed by atoms with Crippen LogP contribution in [0.5, 0.6) is 0 Å². The number of halogens is 1. The number of rotatable bonds is 5. The molecule has 140 valence electrons. The van der Waals surface area contributed by atoms with Gasteiger partial charge < -0.3 is 10.0 Å². The highest BCUT2D eigenvalue weighted by atomic mass is 35.5. The molecule has 1 heterocycles. The molecule has 1 amide bonds. The van der Waals surface area contributed by atoms with E-state index in [0.717, 1.165) is 24.0 Å². The third-order valence-corrected chi connectivity index (χ3v) is 5.02. The fourth-order valence-corrected chi connectivity index (χ4v) is 3.52. The Morgan fingerprint density at radius 2 is 1.85 bits per heavy atom. The normalized spacial score (nSPS) is 18.9. The molecule has 1 atom stereocenters. The van der Waals surface area contributed by atoms with Crippen LogP contribution in [-0.2, 0) is 9.59 Å². The molecule has 0 aliphatic carbocycles. The van der Waals surface area contributed by atoms with Crippen molar-refractivity contribution in [2.45, 2.75) is 32.7 Å². The largest absolute Gasteiger partial charge is 0.507 e. The van der Waals surface area contributed by atoms with Crippen LogP contribution >= 0.6 is 11.6 Å². The van der Waals surface area contributed by atoms with E-state index in [1.54, 1.807) is 29.2 Å². The van der Waals surface area contributed by atoms with Crippen LogP contribution < -0.4 is 0 Å². The Labute approximate surface area is 164 Å². The van der Waals surface area contributed by atoms with Crippen LogP contribution in [0.1, 0.15) is 42.5 Å². The molecule has 1 aliphatic heterocycles. The van der Waals surface area contributed by atoms with Gasteiger partial charge >= 0.3 is 0 Å². The van der Waals surface area contributed by atoms with Crippen LogP contribution in [0.4, 0.5) is 0 Å². The number of nitrogens with zero attached hydrogens (tertiary/aromatic N) is 1. The van der Waals surface area contributed by atoms with Gasteiger partial charge in [0.05, 0.1) is 11.6 Å². The highest BCUT2D eigenvalue weighted by Gasteiger charge is 2.45. The summed E-state index contributed by atoms with van der Waals surface area (Å²) >= 11 is 5.92. The number of ketones is 1. The molecule has 5 heteroatoms. The molecular formula is C22H22ClNO3. The van der Waals surface area contributed by atoms with Crippen molar-refractivity contribution in [1.29, 1.82) is 0 Å². The highest BCUT2D eigenvalue weighted by molar-refractivity contribution is 6.46. The van der Waals surface area contributed by atoms with E-state index < -0.39 is 17.7 Å². The first-order chi connectivity index (χ1) is 12.9. The first kappa shape index (κ1) is 19.2. The summed E-state index contributed by atoms with van der Waals surface area (Å²) in [5.74, 6) is -1.38. The first-order valence-electron chi connectivity index (χ1n) is 9.05. The standard InChI is InChI=1S/C22H22ClNO3/c1-3-4-12-24-19(16-7-5-6-14(2)13-16)18(21(26)22(24)27)20(25)15-8-10-17(23)11-9-15/h5-11,13,19,25H,3-4,12H2,1-2H3/b20-18-. The van der Waals surface area contributed by atoms with E-state index in [2.05, 4.69) is 0 Å². The van der Waals surface area contributed by atoms with Crippen LogP contribution in [-0.4, -0.2) is 28.2 Å². The van der Waals surface area contributed by atoms with Gasteiger partial charge in [0.25, 0.3) is 11.7 Å². The van der Waals surface area contributed by atoms with E-state index in [4.69, 9.17) is 11.6 Å². The topological polar surface area (TPSA) is 57.6 Å². The summed E-state index contributed by atoms with van der Waals surface area (Å²) in [6.07, 6.45) is 1.69. The average molecular weight is 384 g/mol. The molecule has 1 unspecified atom stereocenters. The molecule has 0 saturated carbocycles. The van der Waals surface area contributed by atoms with Crippen LogP contribution in [0, 0.1) is 6.92 Å². The second-order valence-electron chi connectivity index (χ2n) is 6.77. The van der Waals surface area contributed by atoms with Gasteiger partial charge in [-0.1, -0.05) is 54.8 Å². The molecule has 0 aromatic heterocycles. The summed E-state index contributed by atoms with van der Waals surface area (Å²) in [5.41, 5.74) is 2.44. The molecule has 0 spiro atoms. The smallest absolute Gasteiger partial charge is 0.295 e. The summed E-state index contributed by atoms with van der Waals surface area (Å²) in [6, 6.07) is 13.7. The fourth-order valence-electron chi connectivity index (χ4n) is 3.39. The Balaban J connectivity index is 2.16. The lowest BCUT2D eigenvalue weighted by atomic mass is 9.94. The number of amides is 1. The monoisotopic (exact) mass is 383 g/mol. The van der Waals surface area contributed by atoms with Crippen LogP contribution in [0.2, 0.25) is 5.02 Å². The predicted molar refractivity (Wildman–Crippen MR) is 107 cm³/mol. The van der Waals surface area contributed by atoms with E-state index in [1.165, 1.54) is 0 Å². The highest BCUT2D eigenvalue weighted by Crippen LogP contribution is 2.39. The van der Waals surface area contributed by atoms with Crippen LogP contribution in [0.15, 0.2) is 54.1 Å². The van der Waals surface area contributed by atoms with Gasteiger partial charge in [0.2, 0.25) is 0 Å². The van der Waals surface area contributed by atoms with E-state index in [9.17, 15) is 14.7 Å². The third kappa shape index (κ3) is 3.76. The molecular weight excluding hydrogens is 362 g/mol. The fraction of sp³-hybridized carbons (Fsp3) is 0.273. The van der Waals surface area contributed by atoms with Crippen LogP contribution in [0.3, 0.4) is 0 Å². The maximum Gasteiger partial charge on any atom is 0.295 e. The predicted octanol–water partition coefficient (Wildman–Crippen LogP) is 4.87. The lowest BCUT2D eigenvalue weighted by Crippen LogP contribution is -2.30. The Hall–Kier alpha value is -2.59. The SMILES string of the molecule is CCCCN1C(=O)C(=O)/C(=C(\O)c2ccc(Cl)cc2)C1c1cccc(C)c1. The zero-order valence-corrected chi connectivity index (χ0v) is 16.2. The number of Topliss-reactive ketones (excluding diaryl/α,β-unsaturated/α-hetero) is 1. The molecule has 1 fully saturated rings. The number of hydrogen-bond acceptors (Lipinski definition) is 3. The lowest BCUT2D eigenvalue weighted by molar-refractivity contribution is -0.139. The average Bonchev–Trinajstić information content (AvgIpc) is 2.91. The van der Waals surface area contributed by atoms with Crippen molar-refractivity contribution in [1.82, 2.24) is 4.90 Å². The quantitative estimate of drug-likeness (QED) is 0.455. The number of benzene rings is 2. The van der Waals surface area contributed by atoms with Gasteiger partial charge in [-0.15, -0.1) is 0 Å². The van der Waals surface area contributed by atoms with Crippen molar-refractivity contribution >= 4 is 29.1 Å². The van der Waals surface area contributed by atoms with Gasteiger partial charge in [-0.2, -0.15) is 0 Å². The molecule has 1 N–H and O–H groups in total. The van der Waals surface area contributed by atoms with Gasteiger partial charge in [0.15, 0.2) is 0 Å². The minimum absolute atomic E-state index is 0.129. The Morgan fingerprint density at radius 1 is 1.15 bits per heavy atom. The minimum Gasteiger partial charge on any atom is -0.507 e. The Morgan fingerprint density at radius 3 is 2.48 bits per heavy atom. The summed E-state index contributed by atoms with van der Waals surface area (Å²) in [7, 11) is 0. The van der Waals surface area contributed by atoms with E-state index >= 15 is 0 Å². The van der Waals surface area contributed by atoms with E-state index in [1.807, 2.05) is 38.1 Å². The zero-order valence-electron chi connectivity index (χ0n) is 15.4. The molecule has 1 aliphatic rings. The Kier molecular flexibility index (Phi) is 5.66. The molecule has 1 saturated heterocycles. The van der Waals surface area contributed by atoms with Gasteiger partial charge in [-0.25, -0.2) is 0 Å². The van der Waals surface area contributed by atoms with E-state index in [0.29, 0.717) is 17.1 Å². The van der Waals surface area contributed by atoms with Crippen molar-refractivity contribution in [2.75, 3.05) is 6.54 Å². The summed E-state index contributed by atoms with van der Waals surface area (Å²) in [4.78, 5) is 27.1. The maximum atomic E-state index is 12.8. The van der Waals surface area contributed by atoms with Crippen molar-refractivity contribution in [3.05, 3.63) is 75.8 Å². The number of aliphatic hydroxyl groups is 1. The van der Waals surface area contributed by atoms with Gasteiger partial charge in [-0.05, 0) is 43.2 Å². The number of unbranched alkanes of at least 4 members (excludes halogenated alkanes) is 1. The Bertz CT molecular complexity index is 902. The second-order valence-corrected chi connectivity index (χ2v) is 7.20. The molecule has 0 bridgehead atoms. The van der Waals surface area contributed by atoms with Crippen molar-refractivity contribution in [2.24, 2.45) is 0 Å². The number of carbonyl (C=O) groups is 2. The lowest BCUT2D eigenvalue weighted by Gasteiger charge is -2.25. The third-order valence-electron chi connectivity index (χ3n) is 4.77. The number of aryl methyl sites for hydroxylation is 1. The summed E-state index contributed by atoms with van der Waals surface area (Å²) < 4.78 is 0. The number of aliphatic hydroxyl groups excluding tert-OH is 1. The van der Waals surface area contributed by atoms with Gasteiger partial charge in [0.1, 0.15) is 5.76 Å². The molecule has 3 rings (SSSR count). The van der Waals surface area contributed by atoms with Crippen molar-refractivity contribution < 1.29 is 14.7 Å².